The highest BCUT2D eigenvalue weighted by Gasteiger charge is 2.45. The Labute approximate surface area is 216 Å². The van der Waals surface area contributed by atoms with Crippen LogP contribution in [0.15, 0.2) is 64.2 Å². The van der Waals surface area contributed by atoms with Crippen molar-refractivity contribution in [1.82, 2.24) is 25.1 Å². The summed E-state index contributed by atoms with van der Waals surface area (Å²) in [6.07, 6.45) is 1.57. The van der Waals surface area contributed by atoms with Gasteiger partial charge in [0.1, 0.15) is 22.8 Å². The topological polar surface area (TPSA) is 85.8 Å². The number of anilines is 1. The molecule has 0 radical (unpaired) electrons. The second kappa shape index (κ2) is 9.96. The molecule has 2 amide bonds. The van der Waals surface area contributed by atoms with Gasteiger partial charge in [0.25, 0.3) is 0 Å². The molecule has 3 aromatic rings. The van der Waals surface area contributed by atoms with Crippen molar-refractivity contribution in [2.45, 2.75) is 25.4 Å². The van der Waals surface area contributed by atoms with E-state index in [1.165, 1.54) is 5.57 Å². The van der Waals surface area contributed by atoms with E-state index in [0.717, 1.165) is 39.6 Å². The number of carbonyl (C=O) groups is 1. The fraction of sp³-hybridized carbons (Fsp3) is 0.360. The minimum Gasteiger partial charge on any atom is -0.330 e. The van der Waals surface area contributed by atoms with Crippen LogP contribution in [-0.2, 0) is 0 Å². The number of hydrogen-bond donors (Lipinski definition) is 2. The van der Waals surface area contributed by atoms with Crippen LogP contribution in [0.1, 0.15) is 25.5 Å². The number of hydrogen-bond acceptors (Lipinski definition) is 7. The minimum absolute atomic E-state index is 0. The van der Waals surface area contributed by atoms with Gasteiger partial charge >= 0.3 is 6.03 Å². The molecule has 184 valence electrons. The number of nitrogens with one attached hydrogen (secondary N) is 2. The zero-order chi connectivity index (χ0) is 23.9. The van der Waals surface area contributed by atoms with Crippen LogP contribution in [0, 0.1) is 0 Å². The van der Waals surface area contributed by atoms with Crippen molar-refractivity contribution in [3.05, 3.63) is 64.8 Å². The third-order valence-electron chi connectivity index (χ3n) is 6.57. The molecule has 0 saturated heterocycles. The number of urea groups is 1. The Morgan fingerprint density at radius 3 is 2.71 bits per heavy atom. The number of carbonyl (C=O) groups excluding carboxylic acids is 1. The highest BCUT2D eigenvalue weighted by molar-refractivity contribution is 7.59. The summed E-state index contributed by atoms with van der Waals surface area (Å²) in [5, 5.41) is 9.67. The molecule has 0 saturated carbocycles. The molecule has 4 heterocycles. The third-order valence-corrected chi connectivity index (χ3v) is 7.39. The number of thiophene rings is 1. The van der Waals surface area contributed by atoms with Crippen molar-refractivity contribution < 1.29 is 4.79 Å². The first kappa shape index (κ1) is 25.2. The van der Waals surface area contributed by atoms with Crippen LogP contribution in [0.4, 0.5) is 10.6 Å². The number of fused-ring (bicyclic) bond motifs is 1. The van der Waals surface area contributed by atoms with Gasteiger partial charge in [0.2, 0.25) is 0 Å². The standard InChI is InChI=1S/C25H29N7OS.H2S/c1-25(2)19-12-26-22(30-21-17-10-11-34-23(17)28-15-27-21)18(19)13-32(25)24(33)29-20(14-31(3)4)16-8-6-5-7-9-16;/h5-11,15,20H,12-14H2,1-4H3,(H,29,33)(H,26,27,28,30);1H2/t20-;/m1./s1. The molecule has 0 spiro atoms. The lowest BCUT2D eigenvalue weighted by atomic mass is 9.94. The maximum absolute atomic E-state index is 13.6. The molecule has 0 aliphatic carbocycles. The lowest BCUT2D eigenvalue weighted by Crippen LogP contribution is -2.52. The summed E-state index contributed by atoms with van der Waals surface area (Å²) in [6, 6.07) is 12.0. The van der Waals surface area contributed by atoms with Gasteiger partial charge in [-0.2, -0.15) is 13.5 Å². The summed E-state index contributed by atoms with van der Waals surface area (Å²) in [5.74, 6) is 1.53. The molecule has 35 heavy (non-hydrogen) atoms. The van der Waals surface area contributed by atoms with Gasteiger partial charge in [-0.25, -0.2) is 14.8 Å². The van der Waals surface area contributed by atoms with Crippen LogP contribution in [0.25, 0.3) is 10.2 Å². The first-order valence-electron chi connectivity index (χ1n) is 11.3. The van der Waals surface area contributed by atoms with E-state index in [0.29, 0.717) is 13.1 Å². The van der Waals surface area contributed by atoms with Crippen LogP contribution >= 0.6 is 24.8 Å². The number of rotatable bonds is 5. The first-order chi connectivity index (χ1) is 16.3. The Morgan fingerprint density at radius 2 is 1.97 bits per heavy atom. The van der Waals surface area contributed by atoms with Crippen molar-refractivity contribution >= 4 is 52.7 Å². The number of nitrogens with zero attached hydrogens (tertiary/aromatic N) is 5. The summed E-state index contributed by atoms with van der Waals surface area (Å²) in [5.41, 5.74) is 2.90. The largest absolute Gasteiger partial charge is 0.330 e. The predicted octanol–water partition coefficient (Wildman–Crippen LogP) is 4.03. The van der Waals surface area contributed by atoms with Gasteiger partial charge in [-0.05, 0) is 50.5 Å². The molecule has 1 atom stereocenters. The lowest BCUT2D eigenvalue weighted by molar-refractivity contribution is 0.165. The van der Waals surface area contributed by atoms with Gasteiger partial charge in [0.05, 0.1) is 30.1 Å². The number of likely N-dealkylation sites (N-methyl/N-ethyl adjacent to an activating group) is 1. The summed E-state index contributed by atoms with van der Waals surface area (Å²) in [7, 11) is 4.04. The lowest BCUT2D eigenvalue weighted by Gasteiger charge is -2.36. The molecule has 8 nitrogen and oxygen atoms in total. The van der Waals surface area contributed by atoms with Gasteiger partial charge in [0, 0.05) is 12.1 Å². The van der Waals surface area contributed by atoms with Gasteiger partial charge in [0.15, 0.2) is 0 Å². The summed E-state index contributed by atoms with van der Waals surface area (Å²) < 4.78 is 0. The fourth-order valence-corrected chi connectivity index (χ4v) is 5.43. The molecule has 1 aromatic carbocycles. The molecular weight excluding hydrogens is 478 g/mol. The Hall–Kier alpha value is -2.95. The quantitative estimate of drug-likeness (QED) is 0.542. The van der Waals surface area contributed by atoms with Crippen LogP contribution < -0.4 is 10.6 Å². The number of aliphatic imine (C=N–C) groups is 1. The zero-order valence-corrected chi connectivity index (χ0v) is 22.2. The van der Waals surface area contributed by atoms with Gasteiger partial charge in [-0.3, -0.25) is 4.99 Å². The average Bonchev–Trinajstić information content (AvgIpc) is 3.50. The predicted molar refractivity (Wildman–Crippen MR) is 148 cm³/mol. The van der Waals surface area contributed by atoms with Crippen molar-refractivity contribution in [1.29, 1.82) is 0 Å². The van der Waals surface area contributed by atoms with Crippen molar-refractivity contribution in [2.75, 3.05) is 39.0 Å². The first-order valence-corrected chi connectivity index (χ1v) is 12.2. The van der Waals surface area contributed by atoms with E-state index in [1.54, 1.807) is 17.7 Å². The van der Waals surface area contributed by atoms with E-state index in [2.05, 4.69) is 51.5 Å². The van der Waals surface area contributed by atoms with E-state index < -0.39 is 5.54 Å². The van der Waals surface area contributed by atoms with Crippen molar-refractivity contribution in [3.8, 4) is 0 Å². The highest BCUT2D eigenvalue weighted by atomic mass is 32.1. The Morgan fingerprint density at radius 1 is 1.20 bits per heavy atom. The number of amidine groups is 1. The van der Waals surface area contributed by atoms with E-state index in [9.17, 15) is 4.79 Å². The summed E-state index contributed by atoms with van der Waals surface area (Å²) in [6.45, 7) is 5.99. The maximum atomic E-state index is 13.6. The van der Waals surface area contributed by atoms with Crippen LogP contribution in [0.2, 0.25) is 0 Å². The molecule has 0 bridgehead atoms. The smallest absolute Gasteiger partial charge is 0.318 e. The summed E-state index contributed by atoms with van der Waals surface area (Å²) in [4.78, 5) is 32.0. The minimum atomic E-state index is -0.435. The van der Waals surface area contributed by atoms with Crippen LogP contribution in [0.3, 0.4) is 0 Å². The molecule has 2 aromatic heterocycles. The number of amides is 2. The normalized spacial score (nSPS) is 17.3. The van der Waals surface area contributed by atoms with Gasteiger partial charge in [-0.1, -0.05) is 30.3 Å². The fourth-order valence-electron chi connectivity index (χ4n) is 4.70. The van der Waals surface area contributed by atoms with E-state index in [1.807, 2.05) is 48.6 Å². The van der Waals surface area contributed by atoms with E-state index in [4.69, 9.17) is 4.99 Å². The molecule has 2 N–H and O–H groups in total. The molecule has 0 unspecified atom stereocenters. The second-order valence-electron chi connectivity index (χ2n) is 9.43. The molecule has 2 aliphatic rings. The van der Waals surface area contributed by atoms with E-state index in [-0.39, 0.29) is 25.6 Å². The molecule has 2 aliphatic heterocycles. The number of aromatic nitrogens is 2. The molecule has 0 fully saturated rings. The SMILES string of the molecule is CN(C)C[C@@H](NC(=O)N1CC2=C(CN=C2Nc2ncnc3sccc23)C1(C)C)c1ccccc1.S. The zero-order valence-electron chi connectivity index (χ0n) is 20.4. The Balaban J connectivity index is 0.00000289. The van der Waals surface area contributed by atoms with Crippen LogP contribution in [-0.4, -0.2) is 70.9 Å². The number of benzene rings is 1. The highest BCUT2D eigenvalue weighted by Crippen LogP contribution is 2.39. The van der Waals surface area contributed by atoms with Crippen molar-refractivity contribution in [3.63, 3.8) is 0 Å². The molecular formula is C25H31N7OS2. The van der Waals surface area contributed by atoms with Crippen molar-refractivity contribution in [2.24, 2.45) is 4.99 Å². The Kier molecular flexibility index (Phi) is 7.16. The average molecular weight is 510 g/mol. The van der Waals surface area contributed by atoms with Gasteiger partial charge in [-0.15, -0.1) is 11.3 Å². The maximum Gasteiger partial charge on any atom is 0.318 e. The molecule has 10 heteroatoms. The van der Waals surface area contributed by atoms with E-state index >= 15 is 0 Å². The molecule has 5 rings (SSSR count). The van der Waals surface area contributed by atoms with Crippen LogP contribution in [0.5, 0.6) is 0 Å². The second-order valence-corrected chi connectivity index (χ2v) is 10.3. The summed E-state index contributed by atoms with van der Waals surface area (Å²) >= 11 is 1.58. The third kappa shape index (κ3) is 4.78. The van der Waals surface area contributed by atoms with Gasteiger partial charge < -0.3 is 20.4 Å². The Bertz CT molecular complexity index is 1280. The monoisotopic (exact) mass is 509 g/mol.